The Balaban J connectivity index is -0.000000328. The maximum Gasteiger partial charge on any atom is 1.00 e. The fourth-order valence-electron chi connectivity index (χ4n) is 4.68. The van der Waals surface area contributed by atoms with Crippen molar-refractivity contribution in [1.29, 1.82) is 0 Å². The molecule has 0 atom stereocenters. The van der Waals surface area contributed by atoms with Gasteiger partial charge in [-0.3, -0.25) is 0 Å². The molecule has 236 valence electrons. The summed E-state index contributed by atoms with van der Waals surface area (Å²) in [5, 5.41) is 20.4. The Hall–Kier alpha value is 1.06. The van der Waals surface area contributed by atoms with Crippen LogP contribution in [0.1, 0.15) is 194 Å². The summed E-state index contributed by atoms with van der Waals surface area (Å²) in [6.07, 6.45) is 41.8. The number of rotatable bonds is 30. The van der Waals surface area contributed by atoms with Gasteiger partial charge in [0, 0.05) is 11.9 Å². The molecule has 0 saturated carbocycles. The van der Waals surface area contributed by atoms with Crippen LogP contribution in [-0.4, -0.2) is 11.9 Å². The fraction of sp³-hybridized carbons (Fsp3) is 0.833. The summed E-state index contributed by atoms with van der Waals surface area (Å²) in [5.41, 5.74) is 0. The monoisotopic (exact) mass is 624 g/mol. The van der Waals surface area contributed by atoms with Crippen molar-refractivity contribution in [2.75, 3.05) is 0 Å². The van der Waals surface area contributed by atoms with E-state index >= 15 is 0 Å². The molecule has 0 aromatic rings. The van der Waals surface area contributed by atoms with E-state index in [0.29, 0.717) is 0 Å². The molecule has 0 heterocycles. The molecule has 0 aliphatic heterocycles. The van der Waals surface area contributed by atoms with E-state index in [1.165, 1.54) is 128 Å². The van der Waals surface area contributed by atoms with Crippen LogP contribution in [-0.2, 0) is 9.59 Å². The Kier molecular flexibility index (Phi) is 55.2. The average Bonchev–Trinajstić information content (AvgIpc) is 2.93. The van der Waals surface area contributed by atoms with Gasteiger partial charge in [0.25, 0.3) is 0 Å². The number of carbonyl (C=O) groups is 2. The van der Waals surface area contributed by atoms with E-state index in [9.17, 15) is 19.8 Å². The van der Waals surface area contributed by atoms with Crippen LogP contribution in [0.15, 0.2) is 24.3 Å². The van der Waals surface area contributed by atoms with E-state index in [2.05, 4.69) is 38.2 Å². The van der Waals surface area contributed by atoms with E-state index in [4.69, 9.17) is 0 Å². The third kappa shape index (κ3) is 53.6. The normalized spacial score (nSPS) is 10.7. The van der Waals surface area contributed by atoms with E-state index in [1.807, 2.05) is 0 Å². The number of carboxylic acids is 2. The molecule has 42 heavy (non-hydrogen) atoms. The first kappa shape index (κ1) is 49.9. The van der Waals surface area contributed by atoms with Gasteiger partial charge in [-0.2, -0.15) is 0 Å². The molecule has 0 unspecified atom stereocenters. The summed E-state index contributed by atoms with van der Waals surface area (Å²) in [5.74, 6) is -1.83. The Morgan fingerprint density at radius 1 is 0.405 bits per heavy atom. The van der Waals surface area contributed by atoms with Crippen LogP contribution in [0.25, 0.3) is 0 Å². The van der Waals surface area contributed by atoms with Gasteiger partial charge < -0.3 is 19.8 Å². The van der Waals surface area contributed by atoms with E-state index in [1.54, 1.807) is 0 Å². The quantitative estimate of drug-likeness (QED) is 0.0696. The minimum Gasteiger partial charge on any atom is -0.550 e. The number of allylic oxidation sites excluding steroid dienone is 4. The van der Waals surface area contributed by atoms with E-state index in [-0.39, 0.29) is 93.8 Å². The van der Waals surface area contributed by atoms with Crippen LogP contribution in [0.2, 0.25) is 0 Å². The van der Waals surface area contributed by atoms with Crippen LogP contribution in [0, 0.1) is 0 Å². The Labute approximate surface area is 326 Å². The van der Waals surface area contributed by atoms with Crippen molar-refractivity contribution in [3.63, 3.8) is 0 Å². The number of unbranched alkanes of at least 4 members (excludes halogenated alkanes) is 22. The number of aliphatic carboxylic acids is 2. The summed E-state index contributed by atoms with van der Waals surface area (Å²) >= 11 is 0. The zero-order chi connectivity index (χ0) is 29.8. The number of hydrogen-bond donors (Lipinski definition) is 0. The van der Waals surface area contributed by atoms with Crippen LogP contribution in [0.5, 0.6) is 0 Å². The molecule has 0 fully saturated rings. The predicted octanol–water partition coefficient (Wildman–Crippen LogP) is 3.56. The molecule has 0 saturated heterocycles. The van der Waals surface area contributed by atoms with E-state index < -0.39 is 11.9 Å². The summed E-state index contributed by atoms with van der Waals surface area (Å²) in [6, 6.07) is 0. The first-order valence-corrected chi connectivity index (χ1v) is 17.2. The van der Waals surface area contributed by atoms with Crippen molar-refractivity contribution in [2.24, 2.45) is 0 Å². The SMILES string of the molecule is CCCCCCCCC=CCCCCCCCC(=O)[O-].CCCCCCCCC=CCCCCCCCC(=O)[O-].[K+].[Na+]. The number of carbonyl (C=O) groups excluding carboxylic acids is 2. The van der Waals surface area contributed by atoms with Crippen molar-refractivity contribution >= 4 is 11.9 Å². The topological polar surface area (TPSA) is 80.3 Å². The van der Waals surface area contributed by atoms with Gasteiger partial charge >= 0.3 is 80.9 Å². The molecule has 6 heteroatoms. The Bertz CT molecular complexity index is 531. The van der Waals surface area contributed by atoms with Crippen molar-refractivity contribution in [1.82, 2.24) is 0 Å². The van der Waals surface area contributed by atoms with Gasteiger partial charge in [-0.05, 0) is 77.0 Å². The minimum absolute atomic E-state index is 0. The third-order valence-electron chi connectivity index (χ3n) is 7.29. The summed E-state index contributed by atoms with van der Waals surface area (Å²) in [7, 11) is 0. The van der Waals surface area contributed by atoms with Crippen molar-refractivity contribution in [3.05, 3.63) is 24.3 Å². The summed E-state index contributed by atoms with van der Waals surface area (Å²) in [6.45, 7) is 4.51. The maximum absolute atomic E-state index is 10.2. The smallest absolute Gasteiger partial charge is 0.550 e. The molecule has 0 amide bonds. The standard InChI is InChI=1S/2C18H34O2.K.Na/c2*1-2-3-4-5-6-7-8-9-10-11-12-13-14-15-16-17-18(19)20;;/h2*9-10H,2-8,11-17H2,1H3,(H,19,20);;/q;;2*+1/p-2. The molecule has 0 N–H and O–H groups in total. The number of hydrogen-bond acceptors (Lipinski definition) is 4. The molecule has 0 bridgehead atoms. The molecule has 4 nitrogen and oxygen atoms in total. The average molecular weight is 625 g/mol. The van der Waals surface area contributed by atoms with E-state index in [0.717, 1.165) is 38.5 Å². The largest absolute Gasteiger partial charge is 1.00 e. The van der Waals surface area contributed by atoms with Gasteiger partial charge in [-0.1, -0.05) is 141 Å². The van der Waals surface area contributed by atoms with Crippen LogP contribution >= 0.6 is 0 Å². The van der Waals surface area contributed by atoms with Crippen molar-refractivity contribution in [3.8, 4) is 0 Å². The fourth-order valence-corrected chi connectivity index (χ4v) is 4.68. The molecule has 0 aromatic heterocycles. The molecule has 0 spiro atoms. The zero-order valence-electron chi connectivity index (χ0n) is 28.7. The Morgan fingerprint density at radius 3 is 0.857 bits per heavy atom. The van der Waals surface area contributed by atoms with Gasteiger partial charge in [-0.25, -0.2) is 0 Å². The first-order chi connectivity index (χ1) is 19.5. The number of carboxylic acid groups (broad SMARTS) is 2. The van der Waals surface area contributed by atoms with Gasteiger partial charge in [0.1, 0.15) is 0 Å². The first-order valence-electron chi connectivity index (χ1n) is 17.2. The second kappa shape index (κ2) is 46.5. The third-order valence-corrected chi connectivity index (χ3v) is 7.29. The molecular weight excluding hydrogens is 558 g/mol. The molecule has 0 aromatic carbocycles. The molecule has 0 aliphatic carbocycles. The minimum atomic E-state index is -0.914. The van der Waals surface area contributed by atoms with Gasteiger partial charge in [-0.15, -0.1) is 0 Å². The van der Waals surface area contributed by atoms with Crippen molar-refractivity contribution in [2.45, 2.75) is 194 Å². The summed E-state index contributed by atoms with van der Waals surface area (Å²) in [4.78, 5) is 20.4. The van der Waals surface area contributed by atoms with Crippen molar-refractivity contribution < 1.29 is 101 Å². The maximum atomic E-state index is 10.2. The van der Waals surface area contributed by atoms with Crippen LogP contribution in [0.3, 0.4) is 0 Å². The molecule has 0 radical (unpaired) electrons. The van der Waals surface area contributed by atoms with Crippen LogP contribution < -0.4 is 91.2 Å². The molecule has 0 rings (SSSR count). The van der Waals surface area contributed by atoms with Gasteiger partial charge in [0.2, 0.25) is 0 Å². The molecular formula is C36H66KNaO4. The van der Waals surface area contributed by atoms with Crippen LogP contribution in [0.4, 0.5) is 0 Å². The second-order valence-corrected chi connectivity index (χ2v) is 11.4. The molecule has 0 aliphatic rings. The second-order valence-electron chi connectivity index (χ2n) is 11.4. The van der Waals surface area contributed by atoms with Gasteiger partial charge in [0.05, 0.1) is 0 Å². The zero-order valence-corrected chi connectivity index (χ0v) is 33.9. The Morgan fingerprint density at radius 2 is 0.619 bits per heavy atom. The summed E-state index contributed by atoms with van der Waals surface area (Å²) < 4.78 is 0. The predicted molar refractivity (Wildman–Crippen MR) is 169 cm³/mol. The van der Waals surface area contributed by atoms with Gasteiger partial charge in [0.15, 0.2) is 0 Å².